The third kappa shape index (κ3) is 3.00. The molecule has 0 atom stereocenters. The van der Waals surface area contributed by atoms with Crippen LogP contribution in [-0.4, -0.2) is 22.6 Å². The van der Waals surface area contributed by atoms with Crippen molar-refractivity contribution in [3.63, 3.8) is 0 Å². The molecule has 0 saturated heterocycles. The van der Waals surface area contributed by atoms with Gasteiger partial charge in [-0.2, -0.15) is 0 Å². The molecule has 0 bridgehead atoms. The molecular weight excluding hydrogens is 174 g/mol. The first-order valence-corrected chi connectivity index (χ1v) is 5.11. The van der Waals surface area contributed by atoms with Crippen LogP contribution in [0.25, 0.3) is 5.57 Å². The van der Waals surface area contributed by atoms with Gasteiger partial charge in [-0.15, -0.1) is 0 Å². The quantitative estimate of drug-likeness (QED) is 0.723. The predicted octanol–water partition coefficient (Wildman–Crippen LogP) is 1.82. The molecule has 0 aliphatic heterocycles. The number of aryl methyl sites for hydroxylation is 1. The lowest BCUT2D eigenvalue weighted by atomic mass is 10.2. The molecule has 3 nitrogen and oxygen atoms in total. The van der Waals surface area contributed by atoms with Crippen LogP contribution in [-0.2, 0) is 7.05 Å². The summed E-state index contributed by atoms with van der Waals surface area (Å²) in [6, 6.07) is 0. The maximum absolute atomic E-state index is 4.29. The Morgan fingerprint density at radius 1 is 1.64 bits per heavy atom. The molecule has 0 unspecified atom stereocenters. The Labute approximate surface area is 85.8 Å². The number of hydrogen-bond donors (Lipinski definition) is 1. The first-order valence-electron chi connectivity index (χ1n) is 5.11. The minimum absolute atomic E-state index is 1.04. The van der Waals surface area contributed by atoms with E-state index in [0.717, 1.165) is 25.3 Å². The second kappa shape index (κ2) is 5.60. The van der Waals surface area contributed by atoms with Crippen molar-refractivity contribution >= 4 is 5.57 Å². The Kier molecular flexibility index (Phi) is 4.40. The number of rotatable bonds is 5. The highest BCUT2D eigenvalue weighted by molar-refractivity contribution is 5.57. The van der Waals surface area contributed by atoms with E-state index < -0.39 is 0 Å². The van der Waals surface area contributed by atoms with Gasteiger partial charge in [0.05, 0.1) is 0 Å². The summed E-state index contributed by atoms with van der Waals surface area (Å²) in [6.45, 7) is 6.30. The first-order chi connectivity index (χ1) is 6.75. The Hall–Kier alpha value is -1.09. The van der Waals surface area contributed by atoms with E-state index in [1.54, 1.807) is 0 Å². The zero-order valence-corrected chi connectivity index (χ0v) is 9.25. The number of imidazole rings is 1. The van der Waals surface area contributed by atoms with Crippen LogP contribution in [0.15, 0.2) is 18.5 Å². The van der Waals surface area contributed by atoms with Gasteiger partial charge in [0.15, 0.2) is 0 Å². The molecule has 1 heterocycles. The van der Waals surface area contributed by atoms with E-state index in [1.165, 1.54) is 5.57 Å². The molecule has 1 aromatic heterocycles. The Morgan fingerprint density at radius 3 is 3.00 bits per heavy atom. The van der Waals surface area contributed by atoms with Gasteiger partial charge in [0.25, 0.3) is 0 Å². The number of nitrogens with one attached hydrogen (secondary N) is 1. The van der Waals surface area contributed by atoms with Crippen molar-refractivity contribution in [3.05, 3.63) is 24.3 Å². The predicted molar refractivity (Wildman–Crippen MR) is 60.0 cm³/mol. The van der Waals surface area contributed by atoms with Gasteiger partial charge in [0.1, 0.15) is 5.82 Å². The largest absolute Gasteiger partial charge is 0.334 e. The smallest absolute Gasteiger partial charge is 0.134 e. The van der Waals surface area contributed by atoms with E-state index in [-0.39, 0.29) is 0 Å². The standard InChI is InChI=1S/C11H19N3/c1-4-12-7-5-6-10(2)11-13-8-9-14(11)3/h6,8-9,12H,4-5,7H2,1-3H3. The van der Waals surface area contributed by atoms with E-state index in [9.17, 15) is 0 Å². The van der Waals surface area contributed by atoms with Crippen LogP contribution < -0.4 is 5.32 Å². The summed E-state index contributed by atoms with van der Waals surface area (Å²) in [5, 5.41) is 3.29. The molecule has 14 heavy (non-hydrogen) atoms. The van der Waals surface area contributed by atoms with Crippen molar-refractivity contribution < 1.29 is 0 Å². The van der Waals surface area contributed by atoms with Crippen molar-refractivity contribution in [3.8, 4) is 0 Å². The highest BCUT2D eigenvalue weighted by atomic mass is 15.0. The lowest BCUT2D eigenvalue weighted by molar-refractivity contribution is 0.726. The molecule has 0 aliphatic carbocycles. The fourth-order valence-corrected chi connectivity index (χ4v) is 1.40. The van der Waals surface area contributed by atoms with Crippen LogP contribution in [0.4, 0.5) is 0 Å². The fourth-order valence-electron chi connectivity index (χ4n) is 1.40. The van der Waals surface area contributed by atoms with E-state index >= 15 is 0 Å². The van der Waals surface area contributed by atoms with E-state index in [1.807, 2.05) is 24.0 Å². The summed E-state index contributed by atoms with van der Waals surface area (Å²) >= 11 is 0. The SMILES string of the molecule is CCNCCC=C(C)c1nccn1C. The summed E-state index contributed by atoms with van der Waals surface area (Å²) in [5.74, 6) is 1.06. The van der Waals surface area contributed by atoms with Gasteiger partial charge in [-0.1, -0.05) is 13.0 Å². The topological polar surface area (TPSA) is 29.9 Å². The summed E-state index contributed by atoms with van der Waals surface area (Å²) in [7, 11) is 2.02. The molecule has 0 amide bonds. The van der Waals surface area contributed by atoms with Crippen molar-refractivity contribution in [2.75, 3.05) is 13.1 Å². The minimum atomic E-state index is 1.04. The van der Waals surface area contributed by atoms with Gasteiger partial charge in [0.2, 0.25) is 0 Å². The van der Waals surface area contributed by atoms with Crippen molar-refractivity contribution in [2.45, 2.75) is 20.3 Å². The van der Waals surface area contributed by atoms with Crippen molar-refractivity contribution in [2.24, 2.45) is 7.05 Å². The molecule has 0 spiro atoms. The zero-order valence-electron chi connectivity index (χ0n) is 9.25. The minimum Gasteiger partial charge on any atom is -0.334 e. The van der Waals surface area contributed by atoms with Crippen molar-refractivity contribution in [1.29, 1.82) is 0 Å². The fraction of sp³-hybridized carbons (Fsp3) is 0.545. The molecule has 0 aliphatic rings. The second-order valence-electron chi connectivity index (χ2n) is 3.39. The van der Waals surface area contributed by atoms with Gasteiger partial charge in [-0.3, -0.25) is 0 Å². The molecule has 0 fully saturated rings. The van der Waals surface area contributed by atoms with Gasteiger partial charge in [0, 0.05) is 19.4 Å². The van der Waals surface area contributed by atoms with Crippen LogP contribution in [0.5, 0.6) is 0 Å². The molecule has 1 N–H and O–H groups in total. The number of nitrogens with zero attached hydrogens (tertiary/aromatic N) is 2. The third-order valence-electron chi connectivity index (χ3n) is 2.20. The highest BCUT2D eigenvalue weighted by Crippen LogP contribution is 2.10. The highest BCUT2D eigenvalue weighted by Gasteiger charge is 1.99. The lowest BCUT2D eigenvalue weighted by Gasteiger charge is -2.02. The van der Waals surface area contributed by atoms with Crippen molar-refractivity contribution in [1.82, 2.24) is 14.9 Å². The Bertz CT molecular complexity index is 299. The van der Waals surface area contributed by atoms with Crippen LogP contribution in [0.1, 0.15) is 26.1 Å². The molecule has 3 heteroatoms. The summed E-state index contributed by atoms with van der Waals surface area (Å²) in [4.78, 5) is 4.29. The van der Waals surface area contributed by atoms with E-state index in [4.69, 9.17) is 0 Å². The monoisotopic (exact) mass is 193 g/mol. The molecule has 0 radical (unpaired) electrons. The maximum atomic E-state index is 4.29. The van der Waals surface area contributed by atoms with Crippen LogP contribution in [0.3, 0.4) is 0 Å². The zero-order chi connectivity index (χ0) is 10.4. The van der Waals surface area contributed by atoms with Crippen LogP contribution >= 0.6 is 0 Å². The summed E-state index contributed by atoms with van der Waals surface area (Å²) in [6.07, 6.45) is 7.09. The Morgan fingerprint density at radius 2 is 2.43 bits per heavy atom. The van der Waals surface area contributed by atoms with Crippen LogP contribution in [0.2, 0.25) is 0 Å². The maximum Gasteiger partial charge on any atom is 0.134 e. The van der Waals surface area contributed by atoms with Gasteiger partial charge >= 0.3 is 0 Å². The first kappa shape index (κ1) is 11.0. The van der Waals surface area contributed by atoms with E-state index in [2.05, 4.69) is 30.2 Å². The van der Waals surface area contributed by atoms with Gasteiger partial charge in [-0.05, 0) is 32.0 Å². The molecular formula is C11H19N3. The second-order valence-corrected chi connectivity index (χ2v) is 3.39. The Balaban J connectivity index is 2.48. The van der Waals surface area contributed by atoms with E-state index in [0.29, 0.717) is 0 Å². The third-order valence-corrected chi connectivity index (χ3v) is 2.20. The molecule has 0 aromatic carbocycles. The number of hydrogen-bond acceptors (Lipinski definition) is 2. The average Bonchev–Trinajstić information content (AvgIpc) is 2.59. The summed E-state index contributed by atoms with van der Waals surface area (Å²) < 4.78 is 2.04. The summed E-state index contributed by atoms with van der Waals surface area (Å²) in [5.41, 5.74) is 1.25. The van der Waals surface area contributed by atoms with Crippen LogP contribution in [0, 0.1) is 0 Å². The normalized spacial score (nSPS) is 12.1. The molecule has 0 saturated carbocycles. The van der Waals surface area contributed by atoms with Gasteiger partial charge in [-0.25, -0.2) is 4.98 Å². The number of allylic oxidation sites excluding steroid dienone is 1. The average molecular weight is 193 g/mol. The number of aromatic nitrogens is 2. The lowest BCUT2D eigenvalue weighted by Crippen LogP contribution is -2.13. The van der Waals surface area contributed by atoms with Gasteiger partial charge < -0.3 is 9.88 Å². The molecule has 78 valence electrons. The molecule has 1 aromatic rings. The molecule has 1 rings (SSSR count).